The van der Waals surface area contributed by atoms with Gasteiger partial charge in [-0.2, -0.15) is 4.31 Å². The number of anilines is 2. The van der Waals surface area contributed by atoms with Gasteiger partial charge in [0.15, 0.2) is 0 Å². The molecule has 0 saturated carbocycles. The summed E-state index contributed by atoms with van der Waals surface area (Å²) < 4.78 is 27.6. The molecular formula is C24H22ClN3O4S. The van der Waals surface area contributed by atoms with Crippen molar-refractivity contribution < 1.29 is 18.0 Å². The number of hydrogen-bond acceptors (Lipinski definition) is 4. The second-order valence-corrected chi connectivity index (χ2v) is 10.5. The Kier molecular flexibility index (Phi) is 5.39. The molecule has 1 atom stereocenters. The van der Waals surface area contributed by atoms with E-state index in [1.165, 1.54) is 28.6 Å². The molecule has 33 heavy (non-hydrogen) atoms. The zero-order valence-corrected chi connectivity index (χ0v) is 19.5. The van der Waals surface area contributed by atoms with E-state index in [0.717, 1.165) is 16.5 Å². The van der Waals surface area contributed by atoms with Crippen molar-refractivity contribution in [2.45, 2.75) is 30.7 Å². The molecule has 1 fully saturated rings. The van der Waals surface area contributed by atoms with Crippen LogP contribution in [-0.4, -0.2) is 43.7 Å². The second-order valence-electron chi connectivity index (χ2n) is 8.13. The zero-order valence-electron chi connectivity index (χ0n) is 17.9. The predicted molar refractivity (Wildman–Crippen MR) is 128 cm³/mol. The first-order chi connectivity index (χ1) is 15.8. The molecule has 7 nitrogen and oxygen atoms in total. The lowest BCUT2D eigenvalue weighted by Crippen LogP contribution is -2.43. The van der Waals surface area contributed by atoms with Gasteiger partial charge in [0.05, 0.1) is 10.6 Å². The monoisotopic (exact) mass is 483 g/mol. The number of amides is 2. The topological polar surface area (TPSA) is 86.8 Å². The van der Waals surface area contributed by atoms with E-state index in [1.807, 2.05) is 19.1 Å². The van der Waals surface area contributed by atoms with Crippen molar-refractivity contribution in [1.82, 2.24) is 4.31 Å². The van der Waals surface area contributed by atoms with Crippen molar-refractivity contribution in [1.29, 1.82) is 0 Å². The number of nitrogens with zero attached hydrogens (tertiary/aromatic N) is 2. The summed E-state index contributed by atoms with van der Waals surface area (Å²) in [4.78, 5) is 27.8. The van der Waals surface area contributed by atoms with Gasteiger partial charge in [0, 0.05) is 40.1 Å². The highest BCUT2D eigenvalue weighted by atomic mass is 35.5. The third-order valence-corrected chi connectivity index (χ3v) is 8.46. The maximum absolute atomic E-state index is 13.3. The van der Waals surface area contributed by atoms with Crippen LogP contribution in [-0.2, 0) is 14.8 Å². The van der Waals surface area contributed by atoms with Crippen molar-refractivity contribution >= 4 is 55.6 Å². The van der Waals surface area contributed by atoms with Crippen molar-refractivity contribution in [2.24, 2.45) is 0 Å². The average molecular weight is 484 g/mol. The Bertz CT molecular complexity index is 1390. The van der Waals surface area contributed by atoms with Crippen molar-refractivity contribution in [2.75, 3.05) is 23.3 Å². The zero-order chi connectivity index (χ0) is 23.3. The standard InChI is InChI=1S/C24H22ClN3O4S/c1-2-27-20-13-12-19(17-5-3-6-18(22(17)20)24(27)30)26-23(29)21-7-4-14-28(21)33(31,32)16-10-8-15(25)9-11-16/h3,5-6,8-13,21H,2,4,7,14H2,1H3,(H,26,29). The van der Waals surface area contributed by atoms with Gasteiger partial charge >= 0.3 is 0 Å². The van der Waals surface area contributed by atoms with Crippen LogP contribution in [0.3, 0.4) is 0 Å². The van der Waals surface area contributed by atoms with E-state index in [-0.39, 0.29) is 23.3 Å². The minimum Gasteiger partial charge on any atom is -0.324 e. The molecule has 1 saturated heterocycles. The van der Waals surface area contributed by atoms with Gasteiger partial charge in [0.25, 0.3) is 5.91 Å². The highest BCUT2D eigenvalue weighted by Crippen LogP contribution is 2.40. The van der Waals surface area contributed by atoms with E-state index >= 15 is 0 Å². The fourth-order valence-corrected chi connectivity index (χ4v) is 6.50. The van der Waals surface area contributed by atoms with Crippen LogP contribution in [0.25, 0.3) is 10.8 Å². The van der Waals surface area contributed by atoms with Crippen LogP contribution in [0.1, 0.15) is 30.1 Å². The number of rotatable bonds is 5. The number of sulfonamides is 1. The van der Waals surface area contributed by atoms with Gasteiger partial charge in [0.1, 0.15) is 6.04 Å². The predicted octanol–water partition coefficient (Wildman–Crippen LogP) is 4.27. The lowest BCUT2D eigenvalue weighted by molar-refractivity contribution is -0.119. The number of halogens is 1. The fraction of sp³-hybridized carbons (Fsp3) is 0.250. The maximum Gasteiger partial charge on any atom is 0.258 e. The molecule has 9 heteroatoms. The summed E-state index contributed by atoms with van der Waals surface area (Å²) in [6, 6.07) is 14.2. The van der Waals surface area contributed by atoms with Crippen LogP contribution in [0, 0.1) is 0 Å². The Morgan fingerprint density at radius 2 is 1.88 bits per heavy atom. The van der Waals surface area contributed by atoms with E-state index in [0.29, 0.717) is 35.7 Å². The molecular weight excluding hydrogens is 462 g/mol. The van der Waals surface area contributed by atoms with E-state index in [1.54, 1.807) is 23.1 Å². The first-order valence-corrected chi connectivity index (χ1v) is 12.6. The van der Waals surface area contributed by atoms with E-state index in [9.17, 15) is 18.0 Å². The highest BCUT2D eigenvalue weighted by molar-refractivity contribution is 7.89. The quantitative estimate of drug-likeness (QED) is 0.587. The number of benzene rings is 3. The summed E-state index contributed by atoms with van der Waals surface area (Å²) in [5.74, 6) is -0.444. The average Bonchev–Trinajstić information content (AvgIpc) is 3.41. The van der Waals surface area contributed by atoms with Gasteiger partial charge < -0.3 is 10.2 Å². The van der Waals surface area contributed by atoms with Crippen molar-refractivity contribution in [3.8, 4) is 0 Å². The van der Waals surface area contributed by atoms with Gasteiger partial charge in [-0.15, -0.1) is 0 Å². The fourth-order valence-electron chi connectivity index (χ4n) is 4.72. The third-order valence-electron chi connectivity index (χ3n) is 6.29. The Balaban J connectivity index is 1.46. The van der Waals surface area contributed by atoms with Crippen LogP contribution in [0.15, 0.2) is 59.5 Å². The molecule has 1 N–H and O–H groups in total. The smallest absolute Gasteiger partial charge is 0.258 e. The van der Waals surface area contributed by atoms with Crippen molar-refractivity contribution in [3.05, 3.63) is 65.2 Å². The molecule has 0 bridgehead atoms. The third kappa shape index (κ3) is 3.49. The number of carbonyl (C=O) groups excluding carboxylic acids is 2. The first kappa shape index (κ1) is 21.9. The first-order valence-electron chi connectivity index (χ1n) is 10.8. The SMILES string of the molecule is CCN1C(=O)c2cccc3c(NC(=O)C4CCCN4S(=O)(=O)c4ccc(Cl)cc4)ccc1c23. The van der Waals surface area contributed by atoms with Gasteiger partial charge in [-0.1, -0.05) is 23.7 Å². The molecule has 1 unspecified atom stereocenters. The van der Waals surface area contributed by atoms with E-state index in [2.05, 4.69) is 5.32 Å². The Labute approximate surface area is 197 Å². The highest BCUT2D eigenvalue weighted by Gasteiger charge is 2.40. The molecule has 2 heterocycles. The van der Waals surface area contributed by atoms with Crippen LogP contribution in [0.5, 0.6) is 0 Å². The molecule has 0 radical (unpaired) electrons. The Hall–Kier alpha value is -2.94. The summed E-state index contributed by atoms with van der Waals surface area (Å²) in [5.41, 5.74) is 1.98. The Morgan fingerprint density at radius 1 is 1.12 bits per heavy atom. The van der Waals surface area contributed by atoms with Crippen LogP contribution < -0.4 is 10.2 Å². The summed E-state index contributed by atoms with van der Waals surface area (Å²) in [5, 5.41) is 4.93. The minimum atomic E-state index is -3.84. The molecule has 2 aliphatic rings. The molecule has 3 aromatic carbocycles. The summed E-state index contributed by atoms with van der Waals surface area (Å²) in [7, 11) is -3.84. The molecule has 170 valence electrons. The van der Waals surface area contributed by atoms with Crippen LogP contribution in [0.4, 0.5) is 11.4 Å². The molecule has 5 rings (SSSR count). The molecule has 0 aromatic heterocycles. The van der Waals surface area contributed by atoms with Gasteiger partial charge in [-0.25, -0.2) is 8.42 Å². The molecule has 0 aliphatic carbocycles. The van der Waals surface area contributed by atoms with E-state index in [4.69, 9.17) is 11.6 Å². The normalized spacial score (nSPS) is 18.3. The molecule has 3 aromatic rings. The number of carbonyl (C=O) groups is 2. The van der Waals surface area contributed by atoms with Crippen LogP contribution >= 0.6 is 11.6 Å². The van der Waals surface area contributed by atoms with Crippen molar-refractivity contribution in [3.63, 3.8) is 0 Å². The molecule has 2 aliphatic heterocycles. The number of nitrogens with one attached hydrogen (secondary N) is 1. The largest absolute Gasteiger partial charge is 0.324 e. The number of hydrogen-bond donors (Lipinski definition) is 1. The molecule has 0 spiro atoms. The summed E-state index contributed by atoms with van der Waals surface area (Å²) in [6.45, 7) is 2.74. The minimum absolute atomic E-state index is 0.0578. The summed E-state index contributed by atoms with van der Waals surface area (Å²) in [6.07, 6.45) is 1.02. The second kappa shape index (κ2) is 8.13. The summed E-state index contributed by atoms with van der Waals surface area (Å²) >= 11 is 5.90. The van der Waals surface area contributed by atoms with Gasteiger partial charge in [-0.05, 0) is 62.2 Å². The lowest BCUT2D eigenvalue weighted by atomic mass is 10.0. The van der Waals surface area contributed by atoms with Crippen LogP contribution in [0.2, 0.25) is 5.02 Å². The van der Waals surface area contributed by atoms with E-state index < -0.39 is 16.1 Å². The van der Waals surface area contributed by atoms with Gasteiger partial charge in [-0.3, -0.25) is 9.59 Å². The Morgan fingerprint density at radius 3 is 2.61 bits per heavy atom. The lowest BCUT2D eigenvalue weighted by Gasteiger charge is -2.24. The molecule has 2 amide bonds. The maximum atomic E-state index is 13.3. The van der Waals surface area contributed by atoms with Gasteiger partial charge in [0.2, 0.25) is 15.9 Å².